The van der Waals surface area contributed by atoms with Crippen molar-refractivity contribution >= 4 is 0 Å². The van der Waals surface area contributed by atoms with Crippen LogP contribution in [0.2, 0.25) is 0 Å². The van der Waals surface area contributed by atoms with Crippen molar-refractivity contribution in [3.8, 4) is 0 Å². The van der Waals surface area contributed by atoms with Crippen LogP contribution in [0.4, 0.5) is 0 Å². The predicted molar refractivity (Wildman–Crippen MR) is 43.4 cm³/mol. The van der Waals surface area contributed by atoms with Gasteiger partial charge in [0.1, 0.15) is 5.60 Å². The van der Waals surface area contributed by atoms with Gasteiger partial charge in [0.05, 0.1) is 6.10 Å². The van der Waals surface area contributed by atoms with Gasteiger partial charge in [0.25, 0.3) is 0 Å². The zero-order chi connectivity index (χ0) is 9.61. The normalized spacial score (nSPS) is 18.8. The highest BCUT2D eigenvalue weighted by Crippen LogP contribution is 2.16. The maximum atomic E-state index is 9.57. The summed E-state index contributed by atoms with van der Waals surface area (Å²) in [5, 5.41) is 35.9. The maximum absolute atomic E-state index is 9.57. The quantitative estimate of drug-likeness (QED) is 0.318. The van der Waals surface area contributed by atoms with Crippen LogP contribution < -0.4 is 5.73 Å². The van der Waals surface area contributed by atoms with Crippen molar-refractivity contribution in [3.05, 3.63) is 0 Å². The van der Waals surface area contributed by atoms with Gasteiger partial charge in [-0.1, -0.05) is 0 Å². The van der Waals surface area contributed by atoms with Crippen molar-refractivity contribution in [1.29, 1.82) is 0 Å². The monoisotopic (exact) mass is 179 g/mol. The molecule has 0 radical (unpaired) electrons. The van der Waals surface area contributed by atoms with Crippen molar-refractivity contribution in [2.45, 2.75) is 24.5 Å². The minimum absolute atomic E-state index is 0.0185. The van der Waals surface area contributed by atoms with Crippen LogP contribution in [-0.4, -0.2) is 51.9 Å². The van der Waals surface area contributed by atoms with Crippen molar-refractivity contribution in [1.82, 2.24) is 0 Å². The number of aliphatic hydroxyl groups is 4. The molecule has 0 amide bonds. The first-order valence-corrected chi connectivity index (χ1v) is 3.93. The van der Waals surface area contributed by atoms with E-state index in [4.69, 9.17) is 15.9 Å². The van der Waals surface area contributed by atoms with Crippen molar-refractivity contribution in [3.63, 3.8) is 0 Å². The molecule has 0 saturated carbocycles. The summed E-state index contributed by atoms with van der Waals surface area (Å²) in [6.07, 6.45) is -1.00. The minimum atomic E-state index is -1.47. The second-order valence-electron chi connectivity index (χ2n) is 2.81. The third-order valence-corrected chi connectivity index (χ3v) is 1.92. The van der Waals surface area contributed by atoms with Crippen LogP contribution in [-0.2, 0) is 0 Å². The van der Waals surface area contributed by atoms with E-state index in [-0.39, 0.29) is 32.6 Å². The van der Waals surface area contributed by atoms with Gasteiger partial charge < -0.3 is 26.2 Å². The lowest BCUT2D eigenvalue weighted by atomic mass is 9.91. The first kappa shape index (κ1) is 11.8. The van der Waals surface area contributed by atoms with Gasteiger partial charge in [-0.15, -0.1) is 0 Å². The molecule has 74 valence electrons. The topological polar surface area (TPSA) is 107 Å². The lowest BCUT2D eigenvalue weighted by Crippen LogP contribution is -2.49. The number of hydrogen-bond acceptors (Lipinski definition) is 5. The number of hydrogen-bond donors (Lipinski definition) is 5. The molecule has 5 heteroatoms. The third kappa shape index (κ3) is 3.04. The second-order valence-corrected chi connectivity index (χ2v) is 2.81. The standard InChI is InChI=1S/C7H17NO4/c8-5-7(12,2-4-10)6(11)1-3-9/h6,9-12H,1-5,8H2. The SMILES string of the molecule is NCC(O)(CCO)C(O)CCO. The average Bonchev–Trinajstić information content (AvgIpc) is 2.05. The fraction of sp³-hybridized carbons (Fsp3) is 1.00. The summed E-state index contributed by atoms with van der Waals surface area (Å²) in [4.78, 5) is 0. The Balaban J connectivity index is 4.08. The van der Waals surface area contributed by atoms with Gasteiger partial charge in [0, 0.05) is 26.2 Å². The summed E-state index contributed by atoms with van der Waals surface area (Å²) in [7, 11) is 0. The Morgan fingerprint density at radius 1 is 1.25 bits per heavy atom. The summed E-state index contributed by atoms with van der Waals surface area (Å²) in [5.74, 6) is 0. The molecule has 6 N–H and O–H groups in total. The van der Waals surface area contributed by atoms with Crippen molar-refractivity contribution in [2.75, 3.05) is 19.8 Å². The molecule has 12 heavy (non-hydrogen) atoms. The molecular formula is C7H17NO4. The van der Waals surface area contributed by atoms with E-state index in [1.165, 1.54) is 0 Å². The summed E-state index contributed by atoms with van der Waals surface area (Å²) >= 11 is 0. The second kappa shape index (κ2) is 5.45. The van der Waals surface area contributed by atoms with E-state index in [0.29, 0.717) is 0 Å². The first-order valence-electron chi connectivity index (χ1n) is 3.93. The Morgan fingerprint density at radius 2 is 1.83 bits per heavy atom. The van der Waals surface area contributed by atoms with E-state index in [1.54, 1.807) is 0 Å². The van der Waals surface area contributed by atoms with Crippen LogP contribution in [0.25, 0.3) is 0 Å². The van der Waals surface area contributed by atoms with Gasteiger partial charge in [-0.2, -0.15) is 0 Å². The van der Waals surface area contributed by atoms with Crippen LogP contribution in [0.5, 0.6) is 0 Å². The molecule has 0 spiro atoms. The van der Waals surface area contributed by atoms with Gasteiger partial charge in [-0.25, -0.2) is 0 Å². The van der Waals surface area contributed by atoms with Gasteiger partial charge in [-0.3, -0.25) is 0 Å². The molecule has 2 atom stereocenters. The van der Waals surface area contributed by atoms with E-state index in [9.17, 15) is 10.2 Å². The van der Waals surface area contributed by atoms with E-state index in [2.05, 4.69) is 0 Å². The van der Waals surface area contributed by atoms with Crippen LogP contribution in [0.1, 0.15) is 12.8 Å². The molecule has 0 aromatic rings. The Morgan fingerprint density at radius 3 is 2.17 bits per heavy atom. The fourth-order valence-corrected chi connectivity index (χ4v) is 0.989. The van der Waals surface area contributed by atoms with Gasteiger partial charge in [0.2, 0.25) is 0 Å². The van der Waals surface area contributed by atoms with E-state index in [0.717, 1.165) is 0 Å². The summed E-state index contributed by atoms with van der Waals surface area (Å²) in [6.45, 7) is -0.584. The molecule has 0 rings (SSSR count). The van der Waals surface area contributed by atoms with E-state index in [1.807, 2.05) is 0 Å². The lowest BCUT2D eigenvalue weighted by molar-refractivity contribution is -0.0876. The highest BCUT2D eigenvalue weighted by molar-refractivity contribution is 4.86. The Kier molecular flexibility index (Phi) is 5.36. The predicted octanol–water partition coefficient (Wildman–Crippen LogP) is -2.20. The summed E-state index contributed by atoms with van der Waals surface area (Å²) < 4.78 is 0. The zero-order valence-electron chi connectivity index (χ0n) is 6.98. The molecule has 0 bridgehead atoms. The van der Waals surface area contributed by atoms with Crippen LogP contribution >= 0.6 is 0 Å². The minimum Gasteiger partial charge on any atom is -0.396 e. The molecule has 2 unspecified atom stereocenters. The third-order valence-electron chi connectivity index (χ3n) is 1.92. The van der Waals surface area contributed by atoms with Gasteiger partial charge in [0.15, 0.2) is 0 Å². The number of nitrogens with two attached hydrogens (primary N) is 1. The zero-order valence-corrected chi connectivity index (χ0v) is 6.98. The molecule has 0 saturated heterocycles. The molecule has 0 aliphatic rings. The van der Waals surface area contributed by atoms with Crippen LogP contribution in [0.3, 0.4) is 0 Å². The molecule has 5 nitrogen and oxygen atoms in total. The van der Waals surface area contributed by atoms with E-state index >= 15 is 0 Å². The molecular weight excluding hydrogens is 162 g/mol. The van der Waals surface area contributed by atoms with Gasteiger partial charge >= 0.3 is 0 Å². The lowest BCUT2D eigenvalue weighted by Gasteiger charge is -2.30. The van der Waals surface area contributed by atoms with E-state index < -0.39 is 11.7 Å². The highest BCUT2D eigenvalue weighted by Gasteiger charge is 2.32. The molecule has 0 aromatic carbocycles. The molecule has 0 aromatic heterocycles. The van der Waals surface area contributed by atoms with Crippen molar-refractivity contribution in [2.24, 2.45) is 5.73 Å². The highest BCUT2D eigenvalue weighted by atomic mass is 16.3. The maximum Gasteiger partial charge on any atom is 0.105 e. The smallest absolute Gasteiger partial charge is 0.105 e. The molecule has 0 fully saturated rings. The average molecular weight is 179 g/mol. The Labute approximate surface area is 71.4 Å². The van der Waals surface area contributed by atoms with Crippen LogP contribution in [0, 0.1) is 0 Å². The summed E-state index contributed by atoms with van der Waals surface area (Å²) in [5.41, 5.74) is 3.75. The summed E-state index contributed by atoms with van der Waals surface area (Å²) in [6, 6.07) is 0. The number of rotatable bonds is 6. The van der Waals surface area contributed by atoms with Gasteiger partial charge in [-0.05, 0) is 6.42 Å². The Hall–Kier alpha value is -0.200. The van der Waals surface area contributed by atoms with Crippen LogP contribution in [0.15, 0.2) is 0 Å². The number of aliphatic hydroxyl groups excluding tert-OH is 3. The molecule has 0 heterocycles. The van der Waals surface area contributed by atoms with Crippen molar-refractivity contribution < 1.29 is 20.4 Å². The Bertz CT molecular complexity index is 122. The largest absolute Gasteiger partial charge is 0.396 e. The molecule has 0 aliphatic heterocycles. The first-order chi connectivity index (χ1) is 5.60. The fourth-order valence-electron chi connectivity index (χ4n) is 0.989. The molecule has 0 aliphatic carbocycles.